The highest BCUT2D eigenvalue weighted by Crippen LogP contribution is 2.35. The molecule has 0 saturated carbocycles. The molecular weight excluding hydrogens is 312 g/mol. The average molecular weight is 337 g/mol. The van der Waals surface area contributed by atoms with Crippen molar-refractivity contribution in [3.63, 3.8) is 0 Å². The summed E-state index contributed by atoms with van der Waals surface area (Å²) in [5.74, 6) is 0.700. The predicted octanol–water partition coefficient (Wildman–Crippen LogP) is 2.36. The molecule has 2 fully saturated rings. The summed E-state index contributed by atoms with van der Waals surface area (Å²) in [6.45, 7) is 6.07. The normalized spacial score (nSPS) is 22.2. The minimum Gasteiger partial charge on any atom is -0.381 e. The first-order valence-electron chi connectivity index (χ1n) is 8.43. The number of amides is 1. The van der Waals surface area contributed by atoms with Crippen molar-refractivity contribution < 1.29 is 9.53 Å². The molecule has 1 aromatic rings. The Morgan fingerprint density at radius 1 is 1.35 bits per heavy atom. The minimum atomic E-state index is -0.0456. The van der Waals surface area contributed by atoms with Gasteiger partial charge in [0, 0.05) is 36.1 Å². The summed E-state index contributed by atoms with van der Waals surface area (Å²) in [5, 5.41) is 7.17. The zero-order valence-electron chi connectivity index (χ0n) is 13.6. The molecular formula is C18H25ClN2O2. The van der Waals surface area contributed by atoms with Gasteiger partial charge < -0.3 is 15.4 Å². The highest BCUT2D eigenvalue weighted by molar-refractivity contribution is 6.30. The second-order valence-corrected chi connectivity index (χ2v) is 7.26. The summed E-state index contributed by atoms with van der Waals surface area (Å²) >= 11 is 6.02. The van der Waals surface area contributed by atoms with Crippen LogP contribution in [0.2, 0.25) is 5.02 Å². The number of ether oxygens (including phenoxy) is 1. The van der Waals surface area contributed by atoms with Gasteiger partial charge >= 0.3 is 0 Å². The monoisotopic (exact) mass is 336 g/mol. The van der Waals surface area contributed by atoms with Crippen molar-refractivity contribution in [2.45, 2.75) is 25.2 Å². The van der Waals surface area contributed by atoms with Gasteiger partial charge in [-0.25, -0.2) is 0 Å². The number of hydrogen-bond donors (Lipinski definition) is 2. The van der Waals surface area contributed by atoms with Crippen LogP contribution in [0.25, 0.3) is 0 Å². The molecule has 4 nitrogen and oxygen atoms in total. The van der Waals surface area contributed by atoms with Crippen LogP contribution in [-0.2, 0) is 14.9 Å². The summed E-state index contributed by atoms with van der Waals surface area (Å²) in [4.78, 5) is 12.5. The van der Waals surface area contributed by atoms with E-state index in [1.54, 1.807) is 0 Å². The Morgan fingerprint density at radius 2 is 2.00 bits per heavy atom. The number of carbonyl (C=O) groups is 1. The van der Waals surface area contributed by atoms with Gasteiger partial charge in [0.25, 0.3) is 0 Å². The first-order valence-corrected chi connectivity index (χ1v) is 8.81. The van der Waals surface area contributed by atoms with Crippen LogP contribution in [0.1, 0.15) is 25.3 Å². The number of halogens is 1. The van der Waals surface area contributed by atoms with E-state index in [1.807, 2.05) is 19.1 Å². The zero-order chi connectivity index (χ0) is 16.3. The Bertz CT molecular complexity index is 536. The van der Waals surface area contributed by atoms with Crippen LogP contribution in [0.3, 0.4) is 0 Å². The van der Waals surface area contributed by atoms with E-state index < -0.39 is 0 Å². The summed E-state index contributed by atoms with van der Waals surface area (Å²) in [6.07, 6.45) is 1.85. The molecule has 0 spiro atoms. The molecule has 2 heterocycles. The molecule has 1 aromatic carbocycles. The third-order valence-corrected chi connectivity index (χ3v) is 5.69. The highest BCUT2D eigenvalue weighted by atomic mass is 35.5. The van der Waals surface area contributed by atoms with Crippen LogP contribution >= 0.6 is 11.6 Å². The lowest BCUT2D eigenvalue weighted by Gasteiger charge is -2.39. The van der Waals surface area contributed by atoms with Gasteiger partial charge in [-0.15, -0.1) is 0 Å². The maximum atomic E-state index is 12.5. The maximum absolute atomic E-state index is 12.5. The molecule has 2 aliphatic heterocycles. The minimum absolute atomic E-state index is 0.0456. The van der Waals surface area contributed by atoms with E-state index in [2.05, 4.69) is 22.8 Å². The molecule has 23 heavy (non-hydrogen) atoms. The van der Waals surface area contributed by atoms with E-state index in [4.69, 9.17) is 16.3 Å². The van der Waals surface area contributed by atoms with E-state index in [0.717, 1.165) is 44.2 Å². The van der Waals surface area contributed by atoms with Crippen molar-refractivity contribution in [1.82, 2.24) is 10.6 Å². The third-order valence-electron chi connectivity index (χ3n) is 5.44. The van der Waals surface area contributed by atoms with E-state index in [-0.39, 0.29) is 17.2 Å². The van der Waals surface area contributed by atoms with E-state index in [0.29, 0.717) is 12.5 Å². The van der Waals surface area contributed by atoms with Crippen molar-refractivity contribution in [3.8, 4) is 0 Å². The number of rotatable bonds is 5. The Balaban J connectivity index is 1.69. The first-order chi connectivity index (χ1) is 11.1. The highest BCUT2D eigenvalue weighted by Gasteiger charge is 2.36. The molecule has 0 aromatic heterocycles. The first kappa shape index (κ1) is 16.7. The zero-order valence-corrected chi connectivity index (χ0v) is 14.4. The standard InChI is InChI=1S/C18H25ClN2O2/c1-13(14-10-20-11-14)17(22)21-12-18(6-8-23-9-7-18)15-2-4-16(19)5-3-15/h2-5,13-14,20H,6-12H2,1H3,(H,21,22). The smallest absolute Gasteiger partial charge is 0.223 e. The summed E-state index contributed by atoms with van der Waals surface area (Å²) < 4.78 is 5.54. The van der Waals surface area contributed by atoms with Crippen molar-refractivity contribution in [1.29, 1.82) is 0 Å². The molecule has 1 unspecified atom stereocenters. The van der Waals surface area contributed by atoms with E-state index in [1.165, 1.54) is 5.56 Å². The Hall–Kier alpha value is -1.10. The number of carbonyl (C=O) groups excluding carboxylic acids is 1. The fraction of sp³-hybridized carbons (Fsp3) is 0.611. The van der Waals surface area contributed by atoms with Crippen molar-refractivity contribution in [2.75, 3.05) is 32.8 Å². The molecule has 126 valence electrons. The lowest BCUT2D eigenvalue weighted by Crippen LogP contribution is -2.51. The van der Waals surface area contributed by atoms with Gasteiger partial charge in [0.05, 0.1) is 0 Å². The van der Waals surface area contributed by atoms with Gasteiger partial charge in [0.2, 0.25) is 5.91 Å². The second kappa shape index (κ2) is 7.20. The lowest BCUT2D eigenvalue weighted by atomic mass is 9.74. The van der Waals surface area contributed by atoms with Crippen molar-refractivity contribution in [2.24, 2.45) is 11.8 Å². The molecule has 0 radical (unpaired) electrons. The SMILES string of the molecule is CC(C(=O)NCC1(c2ccc(Cl)cc2)CCOCC1)C1CNC1. The molecule has 3 rings (SSSR count). The molecule has 1 atom stereocenters. The summed E-state index contributed by atoms with van der Waals surface area (Å²) in [6, 6.07) is 8.02. The van der Waals surface area contributed by atoms with Gasteiger partial charge in [-0.05, 0) is 49.5 Å². The molecule has 0 aliphatic carbocycles. The molecule has 2 saturated heterocycles. The Kier molecular flexibility index (Phi) is 5.24. The molecule has 2 aliphatic rings. The summed E-state index contributed by atoms with van der Waals surface area (Å²) in [7, 11) is 0. The quantitative estimate of drug-likeness (QED) is 0.868. The largest absolute Gasteiger partial charge is 0.381 e. The Labute approximate surface area is 142 Å². The van der Waals surface area contributed by atoms with Gasteiger partial charge in [0.15, 0.2) is 0 Å². The van der Waals surface area contributed by atoms with Crippen LogP contribution in [0.15, 0.2) is 24.3 Å². The van der Waals surface area contributed by atoms with Gasteiger partial charge in [-0.3, -0.25) is 4.79 Å². The molecule has 5 heteroatoms. The molecule has 2 N–H and O–H groups in total. The van der Waals surface area contributed by atoms with Gasteiger partial charge in [-0.2, -0.15) is 0 Å². The fourth-order valence-corrected chi connectivity index (χ4v) is 3.56. The lowest BCUT2D eigenvalue weighted by molar-refractivity contribution is -0.127. The van der Waals surface area contributed by atoms with E-state index in [9.17, 15) is 4.79 Å². The third kappa shape index (κ3) is 3.70. The molecule has 0 bridgehead atoms. The van der Waals surface area contributed by atoms with Gasteiger partial charge in [0.1, 0.15) is 0 Å². The van der Waals surface area contributed by atoms with Crippen molar-refractivity contribution >= 4 is 17.5 Å². The van der Waals surface area contributed by atoms with Crippen LogP contribution in [0.5, 0.6) is 0 Å². The van der Waals surface area contributed by atoms with Crippen LogP contribution < -0.4 is 10.6 Å². The topological polar surface area (TPSA) is 50.4 Å². The molecule has 1 amide bonds. The second-order valence-electron chi connectivity index (χ2n) is 6.82. The van der Waals surface area contributed by atoms with Crippen LogP contribution in [-0.4, -0.2) is 38.8 Å². The number of benzene rings is 1. The van der Waals surface area contributed by atoms with Crippen molar-refractivity contribution in [3.05, 3.63) is 34.9 Å². The summed E-state index contributed by atoms with van der Waals surface area (Å²) in [5.41, 5.74) is 1.19. The average Bonchev–Trinajstić information content (AvgIpc) is 2.52. The number of nitrogens with one attached hydrogen (secondary N) is 2. The van der Waals surface area contributed by atoms with Crippen LogP contribution in [0, 0.1) is 11.8 Å². The maximum Gasteiger partial charge on any atom is 0.223 e. The number of hydrogen-bond acceptors (Lipinski definition) is 3. The van der Waals surface area contributed by atoms with Crippen LogP contribution in [0.4, 0.5) is 0 Å². The Morgan fingerprint density at radius 3 is 2.57 bits per heavy atom. The van der Waals surface area contributed by atoms with E-state index >= 15 is 0 Å². The fourth-order valence-electron chi connectivity index (χ4n) is 3.43. The van der Waals surface area contributed by atoms with Gasteiger partial charge in [-0.1, -0.05) is 30.7 Å². The predicted molar refractivity (Wildman–Crippen MR) is 91.7 cm³/mol.